The number of methoxy groups -OCH3 is 4. The Morgan fingerprint density at radius 1 is 0.933 bits per heavy atom. The van der Waals surface area contributed by atoms with Crippen LogP contribution in [0.5, 0.6) is 28.7 Å². The molecule has 0 aliphatic carbocycles. The third-order valence-corrected chi connectivity index (χ3v) is 4.34. The van der Waals surface area contributed by atoms with Crippen LogP contribution in [0.25, 0.3) is 6.08 Å². The van der Waals surface area contributed by atoms with Gasteiger partial charge < -0.3 is 28.4 Å². The number of ether oxygens (including phenoxy) is 6. The summed E-state index contributed by atoms with van der Waals surface area (Å²) in [5.74, 6) is 1.92. The Kier molecular flexibility index (Phi) is 6.46. The summed E-state index contributed by atoms with van der Waals surface area (Å²) >= 11 is 0. The van der Waals surface area contributed by atoms with Gasteiger partial charge in [-0.15, -0.1) is 0 Å². The van der Waals surface area contributed by atoms with E-state index < -0.39 is 5.97 Å². The van der Waals surface area contributed by atoms with Gasteiger partial charge in [0.1, 0.15) is 0 Å². The molecule has 3 rings (SSSR count). The molecule has 0 bridgehead atoms. The number of carbonyl (C=O) groups is 1. The fourth-order valence-corrected chi connectivity index (χ4v) is 3.02. The zero-order chi connectivity index (χ0) is 21.7. The molecule has 2 aromatic carbocycles. The molecule has 0 N–H and O–H groups in total. The second kappa shape index (κ2) is 9.21. The lowest BCUT2D eigenvalue weighted by Gasteiger charge is -2.13. The van der Waals surface area contributed by atoms with Crippen molar-refractivity contribution in [3.8, 4) is 28.7 Å². The van der Waals surface area contributed by atoms with Crippen LogP contribution in [0.15, 0.2) is 41.0 Å². The molecule has 0 radical (unpaired) electrons. The Hall–Kier alpha value is -3.68. The van der Waals surface area contributed by atoms with Crippen LogP contribution in [0, 0.1) is 0 Å². The minimum atomic E-state index is -0.581. The number of cyclic esters (lactones) is 1. The number of hydrogen-bond donors (Lipinski definition) is 0. The van der Waals surface area contributed by atoms with E-state index in [0.29, 0.717) is 46.5 Å². The molecule has 1 aliphatic heterocycles. The van der Waals surface area contributed by atoms with Crippen molar-refractivity contribution >= 4 is 17.9 Å². The first-order valence-corrected chi connectivity index (χ1v) is 9.19. The van der Waals surface area contributed by atoms with Crippen LogP contribution in [-0.4, -0.2) is 46.9 Å². The Balaban J connectivity index is 2.03. The number of hydrogen-bond acceptors (Lipinski definition) is 8. The van der Waals surface area contributed by atoms with Gasteiger partial charge >= 0.3 is 5.97 Å². The van der Waals surface area contributed by atoms with Gasteiger partial charge in [0.05, 0.1) is 35.0 Å². The SMILES string of the molecule is CCOc1cccc(/C=C2\N=C(c3cc(OC)c(OC)c(OC)c3)OC2=O)c1OC. The van der Waals surface area contributed by atoms with Crippen molar-refractivity contribution < 1.29 is 33.2 Å². The van der Waals surface area contributed by atoms with Crippen molar-refractivity contribution in [2.24, 2.45) is 4.99 Å². The van der Waals surface area contributed by atoms with Gasteiger partial charge in [0.15, 0.2) is 28.7 Å². The predicted octanol–water partition coefficient (Wildman–Crippen LogP) is 3.46. The highest BCUT2D eigenvalue weighted by Crippen LogP contribution is 2.39. The highest BCUT2D eigenvalue weighted by molar-refractivity contribution is 6.13. The zero-order valence-electron chi connectivity index (χ0n) is 17.5. The predicted molar refractivity (Wildman–Crippen MR) is 111 cm³/mol. The highest BCUT2D eigenvalue weighted by Gasteiger charge is 2.27. The van der Waals surface area contributed by atoms with Gasteiger partial charge in [-0.25, -0.2) is 9.79 Å². The summed E-state index contributed by atoms with van der Waals surface area (Å²) in [5, 5.41) is 0. The molecule has 0 aromatic heterocycles. The quantitative estimate of drug-likeness (QED) is 0.484. The monoisotopic (exact) mass is 413 g/mol. The minimum Gasteiger partial charge on any atom is -0.493 e. The molecule has 0 fully saturated rings. The number of para-hydroxylation sites is 1. The van der Waals surface area contributed by atoms with E-state index in [0.717, 1.165) is 0 Å². The lowest BCUT2D eigenvalue weighted by Crippen LogP contribution is -2.07. The smallest absolute Gasteiger partial charge is 0.363 e. The van der Waals surface area contributed by atoms with Crippen LogP contribution in [0.1, 0.15) is 18.1 Å². The standard InChI is InChI=1S/C22H23NO7/c1-6-29-16-9-7-8-13(19(16)27-4)10-15-22(24)30-21(23-15)14-11-17(25-2)20(28-5)18(12-14)26-3/h7-12H,6H2,1-5H3/b15-10-. The van der Waals surface area contributed by atoms with Gasteiger partial charge in [-0.1, -0.05) is 12.1 Å². The summed E-state index contributed by atoms with van der Waals surface area (Å²) in [6, 6.07) is 8.72. The van der Waals surface area contributed by atoms with E-state index in [1.165, 1.54) is 28.4 Å². The van der Waals surface area contributed by atoms with Gasteiger partial charge in [-0.3, -0.25) is 0 Å². The number of benzene rings is 2. The maximum atomic E-state index is 12.4. The van der Waals surface area contributed by atoms with E-state index in [4.69, 9.17) is 28.4 Å². The Morgan fingerprint density at radius 3 is 2.17 bits per heavy atom. The summed E-state index contributed by atoms with van der Waals surface area (Å²) in [4.78, 5) is 16.8. The van der Waals surface area contributed by atoms with E-state index in [-0.39, 0.29) is 11.6 Å². The van der Waals surface area contributed by atoms with Gasteiger partial charge in [0, 0.05) is 11.1 Å². The molecule has 30 heavy (non-hydrogen) atoms. The fourth-order valence-electron chi connectivity index (χ4n) is 3.02. The van der Waals surface area contributed by atoms with E-state index in [2.05, 4.69) is 4.99 Å². The average Bonchev–Trinajstić information content (AvgIpc) is 3.13. The molecule has 8 nitrogen and oxygen atoms in total. The molecular weight excluding hydrogens is 390 g/mol. The summed E-state index contributed by atoms with van der Waals surface area (Å²) in [5.41, 5.74) is 1.28. The number of carbonyl (C=O) groups excluding carboxylic acids is 1. The van der Waals surface area contributed by atoms with Crippen molar-refractivity contribution in [1.29, 1.82) is 0 Å². The summed E-state index contributed by atoms with van der Waals surface area (Å²) in [7, 11) is 6.06. The Bertz CT molecular complexity index is 986. The van der Waals surface area contributed by atoms with E-state index >= 15 is 0 Å². The van der Waals surface area contributed by atoms with E-state index in [1.807, 2.05) is 13.0 Å². The van der Waals surface area contributed by atoms with Crippen molar-refractivity contribution in [3.63, 3.8) is 0 Å². The second-order valence-electron chi connectivity index (χ2n) is 6.06. The zero-order valence-corrected chi connectivity index (χ0v) is 17.5. The van der Waals surface area contributed by atoms with Crippen LogP contribution in [0.2, 0.25) is 0 Å². The van der Waals surface area contributed by atoms with Crippen LogP contribution in [0.4, 0.5) is 0 Å². The van der Waals surface area contributed by atoms with Crippen molar-refractivity contribution in [1.82, 2.24) is 0 Å². The van der Waals surface area contributed by atoms with Crippen LogP contribution in [0.3, 0.4) is 0 Å². The molecule has 1 aliphatic rings. The molecule has 0 amide bonds. The first kappa shape index (κ1) is 21.0. The molecule has 2 aromatic rings. The maximum absolute atomic E-state index is 12.4. The summed E-state index contributed by atoms with van der Waals surface area (Å²) in [6.45, 7) is 2.37. The molecule has 0 saturated carbocycles. The molecular formula is C22H23NO7. The third-order valence-electron chi connectivity index (χ3n) is 4.34. The largest absolute Gasteiger partial charge is 0.493 e. The summed E-state index contributed by atoms with van der Waals surface area (Å²) < 4.78 is 32.4. The topological polar surface area (TPSA) is 84.8 Å². The van der Waals surface area contributed by atoms with Crippen LogP contribution in [-0.2, 0) is 9.53 Å². The molecule has 158 valence electrons. The van der Waals surface area contributed by atoms with Crippen LogP contribution < -0.4 is 23.7 Å². The summed E-state index contributed by atoms with van der Waals surface area (Å²) in [6.07, 6.45) is 1.59. The van der Waals surface area contributed by atoms with Gasteiger partial charge in [-0.2, -0.15) is 0 Å². The van der Waals surface area contributed by atoms with Crippen molar-refractivity contribution in [2.45, 2.75) is 6.92 Å². The van der Waals surface area contributed by atoms with E-state index in [9.17, 15) is 4.79 Å². The van der Waals surface area contributed by atoms with Gasteiger partial charge in [0.2, 0.25) is 11.6 Å². The highest BCUT2D eigenvalue weighted by atomic mass is 16.6. The minimum absolute atomic E-state index is 0.130. The van der Waals surface area contributed by atoms with Crippen molar-refractivity contribution in [3.05, 3.63) is 47.2 Å². The van der Waals surface area contributed by atoms with Crippen molar-refractivity contribution in [2.75, 3.05) is 35.0 Å². The second-order valence-corrected chi connectivity index (χ2v) is 6.06. The molecule has 0 spiro atoms. The van der Waals surface area contributed by atoms with Crippen LogP contribution >= 0.6 is 0 Å². The molecule has 1 heterocycles. The van der Waals surface area contributed by atoms with E-state index in [1.54, 1.807) is 30.3 Å². The Morgan fingerprint density at radius 2 is 1.60 bits per heavy atom. The third kappa shape index (κ3) is 4.03. The average molecular weight is 413 g/mol. The lowest BCUT2D eigenvalue weighted by atomic mass is 10.1. The van der Waals surface area contributed by atoms with Gasteiger partial charge in [-0.05, 0) is 31.2 Å². The molecule has 0 saturated heterocycles. The normalized spacial score (nSPS) is 14.2. The van der Waals surface area contributed by atoms with Gasteiger partial charge in [0.25, 0.3) is 0 Å². The number of esters is 1. The molecule has 0 atom stereocenters. The molecule has 0 unspecified atom stereocenters. The fraction of sp³-hybridized carbons (Fsp3) is 0.273. The molecule has 8 heteroatoms. The number of rotatable bonds is 8. The number of nitrogens with zero attached hydrogens (tertiary/aromatic N) is 1. The lowest BCUT2D eigenvalue weighted by molar-refractivity contribution is -0.129. The Labute approximate surface area is 174 Å². The number of aliphatic imine (C=N–C) groups is 1. The maximum Gasteiger partial charge on any atom is 0.363 e. The first-order chi connectivity index (χ1) is 14.6. The first-order valence-electron chi connectivity index (χ1n) is 9.19.